The number of nitrogens with zero attached hydrogens (tertiary/aromatic N) is 1. The van der Waals surface area contributed by atoms with Crippen molar-refractivity contribution in [2.75, 3.05) is 18.0 Å². The Balaban J connectivity index is 1.98. The molecule has 1 aromatic rings. The third kappa shape index (κ3) is 3.65. The molecule has 0 aromatic heterocycles. The number of carbonyl (C=O) groups is 2. The molecule has 3 N–H and O–H groups in total. The number of hydrogen-bond donors (Lipinski definition) is 2. The molecule has 5 nitrogen and oxygen atoms in total. The van der Waals surface area contributed by atoms with Gasteiger partial charge in [-0.05, 0) is 43.5 Å². The molecule has 1 fully saturated rings. The molecule has 1 aliphatic rings. The van der Waals surface area contributed by atoms with Crippen molar-refractivity contribution in [1.29, 1.82) is 0 Å². The lowest BCUT2D eigenvalue weighted by Crippen LogP contribution is -2.49. The molecule has 0 spiro atoms. The van der Waals surface area contributed by atoms with Gasteiger partial charge in [-0.2, -0.15) is 0 Å². The van der Waals surface area contributed by atoms with Crippen molar-refractivity contribution in [3.05, 3.63) is 29.8 Å². The van der Waals surface area contributed by atoms with Gasteiger partial charge in [-0.1, -0.05) is 13.8 Å². The summed E-state index contributed by atoms with van der Waals surface area (Å²) in [6, 6.07) is 7.17. The van der Waals surface area contributed by atoms with Gasteiger partial charge >= 0.3 is 0 Å². The van der Waals surface area contributed by atoms with Crippen LogP contribution in [0, 0.1) is 0 Å². The van der Waals surface area contributed by atoms with Crippen molar-refractivity contribution < 1.29 is 9.59 Å². The summed E-state index contributed by atoms with van der Waals surface area (Å²) in [5.41, 5.74) is 7.28. The molecule has 0 bridgehead atoms. The van der Waals surface area contributed by atoms with E-state index in [-0.39, 0.29) is 17.4 Å². The number of nitrogens with one attached hydrogen (secondary N) is 1. The summed E-state index contributed by atoms with van der Waals surface area (Å²) in [6.07, 6.45) is 3.14. The van der Waals surface area contributed by atoms with Crippen LogP contribution in [-0.4, -0.2) is 30.4 Å². The maximum atomic E-state index is 12.2. The van der Waals surface area contributed by atoms with Crippen molar-refractivity contribution >= 4 is 17.5 Å². The molecule has 0 unspecified atom stereocenters. The van der Waals surface area contributed by atoms with Gasteiger partial charge in [0, 0.05) is 36.3 Å². The first-order valence-corrected chi connectivity index (χ1v) is 7.96. The molecule has 22 heavy (non-hydrogen) atoms. The van der Waals surface area contributed by atoms with E-state index in [9.17, 15) is 9.59 Å². The summed E-state index contributed by atoms with van der Waals surface area (Å²) in [7, 11) is 0. The predicted molar refractivity (Wildman–Crippen MR) is 87.9 cm³/mol. The Labute approximate surface area is 131 Å². The standard InChI is InChI=1S/C17H25N3O2/c1-3-17(18,4-2)12-19-16(22)13-7-9-14(10-8-13)20-11-5-6-15(20)21/h7-10H,3-6,11-12,18H2,1-2H3,(H,19,22). The predicted octanol–water partition coefficient (Wildman–Crippen LogP) is 2.06. The third-order valence-corrected chi connectivity index (χ3v) is 4.52. The van der Waals surface area contributed by atoms with Crippen LogP contribution in [0.5, 0.6) is 0 Å². The molecule has 1 saturated heterocycles. The zero-order valence-electron chi connectivity index (χ0n) is 13.4. The summed E-state index contributed by atoms with van der Waals surface area (Å²) in [5, 5.41) is 2.89. The summed E-state index contributed by atoms with van der Waals surface area (Å²) in [6.45, 7) is 5.27. The van der Waals surface area contributed by atoms with Crippen LogP contribution in [0.25, 0.3) is 0 Å². The summed E-state index contributed by atoms with van der Waals surface area (Å²) in [4.78, 5) is 25.6. The van der Waals surface area contributed by atoms with Crippen molar-refractivity contribution in [1.82, 2.24) is 5.32 Å². The van der Waals surface area contributed by atoms with Crippen LogP contribution < -0.4 is 16.0 Å². The van der Waals surface area contributed by atoms with Gasteiger partial charge in [0.25, 0.3) is 5.91 Å². The Kier molecular flexibility index (Phi) is 5.19. The van der Waals surface area contributed by atoms with E-state index < -0.39 is 0 Å². The summed E-state index contributed by atoms with van der Waals surface area (Å²) in [5.74, 6) is 0.0204. The number of rotatable bonds is 6. The third-order valence-electron chi connectivity index (χ3n) is 4.52. The summed E-state index contributed by atoms with van der Waals surface area (Å²) >= 11 is 0. The van der Waals surface area contributed by atoms with E-state index in [4.69, 9.17) is 5.73 Å². The van der Waals surface area contributed by atoms with Crippen molar-refractivity contribution in [2.45, 2.75) is 45.1 Å². The zero-order valence-corrected chi connectivity index (χ0v) is 13.4. The minimum absolute atomic E-state index is 0.129. The first kappa shape index (κ1) is 16.5. The van der Waals surface area contributed by atoms with Gasteiger partial charge in [0.2, 0.25) is 5.91 Å². The van der Waals surface area contributed by atoms with E-state index in [1.165, 1.54) is 0 Å². The van der Waals surface area contributed by atoms with Crippen LogP contribution in [0.3, 0.4) is 0 Å². The van der Waals surface area contributed by atoms with Crippen LogP contribution in [0.1, 0.15) is 49.9 Å². The Morgan fingerprint density at radius 3 is 2.41 bits per heavy atom. The average Bonchev–Trinajstić information content (AvgIpc) is 2.98. The van der Waals surface area contributed by atoms with E-state index in [1.807, 2.05) is 26.0 Å². The highest BCUT2D eigenvalue weighted by molar-refractivity contribution is 5.97. The fourth-order valence-corrected chi connectivity index (χ4v) is 2.57. The first-order valence-electron chi connectivity index (χ1n) is 7.96. The minimum Gasteiger partial charge on any atom is -0.350 e. The normalized spacial score (nSPS) is 15.2. The molecule has 0 saturated carbocycles. The van der Waals surface area contributed by atoms with Gasteiger partial charge in [-0.15, -0.1) is 0 Å². The fourth-order valence-electron chi connectivity index (χ4n) is 2.57. The maximum absolute atomic E-state index is 12.2. The highest BCUT2D eigenvalue weighted by Crippen LogP contribution is 2.21. The van der Waals surface area contributed by atoms with E-state index in [1.54, 1.807) is 17.0 Å². The molecule has 5 heteroatoms. The number of anilines is 1. The maximum Gasteiger partial charge on any atom is 0.251 e. The molecule has 0 aliphatic carbocycles. The van der Waals surface area contributed by atoms with Crippen LogP contribution in [0.2, 0.25) is 0 Å². The fraction of sp³-hybridized carbons (Fsp3) is 0.529. The highest BCUT2D eigenvalue weighted by atomic mass is 16.2. The Morgan fingerprint density at radius 1 is 1.27 bits per heavy atom. The molecule has 1 heterocycles. The van der Waals surface area contributed by atoms with E-state index >= 15 is 0 Å². The molecule has 1 aliphatic heterocycles. The summed E-state index contributed by atoms with van der Waals surface area (Å²) < 4.78 is 0. The molecular weight excluding hydrogens is 278 g/mol. The lowest BCUT2D eigenvalue weighted by atomic mass is 9.94. The van der Waals surface area contributed by atoms with Crippen molar-refractivity contribution in [2.24, 2.45) is 5.73 Å². The zero-order chi connectivity index (χ0) is 16.2. The van der Waals surface area contributed by atoms with E-state index in [0.29, 0.717) is 18.5 Å². The quantitative estimate of drug-likeness (QED) is 0.844. The van der Waals surface area contributed by atoms with Crippen LogP contribution in [0.15, 0.2) is 24.3 Å². The van der Waals surface area contributed by atoms with Crippen molar-refractivity contribution in [3.8, 4) is 0 Å². The van der Waals surface area contributed by atoms with Crippen LogP contribution in [0.4, 0.5) is 5.69 Å². The second-order valence-electron chi connectivity index (χ2n) is 5.95. The van der Waals surface area contributed by atoms with E-state index in [2.05, 4.69) is 5.32 Å². The minimum atomic E-state index is -0.350. The second-order valence-corrected chi connectivity index (χ2v) is 5.95. The van der Waals surface area contributed by atoms with Gasteiger partial charge in [0.15, 0.2) is 0 Å². The van der Waals surface area contributed by atoms with Gasteiger partial charge in [-0.3, -0.25) is 9.59 Å². The molecule has 1 aromatic carbocycles. The number of carbonyl (C=O) groups excluding carboxylic acids is 2. The highest BCUT2D eigenvalue weighted by Gasteiger charge is 2.23. The lowest BCUT2D eigenvalue weighted by molar-refractivity contribution is -0.117. The largest absolute Gasteiger partial charge is 0.350 e. The second kappa shape index (κ2) is 6.92. The van der Waals surface area contributed by atoms with Gasteiger partial charge < -0.3 is 16.0 Å². The van der Waals surface area contributed by atoms with Gasteiger partial charge in [0.05, 0.1) is 0 Å². The van der Waals surface area contributed by atoms with Gasteiger partial charge in [0.1, 0.15) is 0 Å². The first-order chi connectivity index (χ1) is 10.5. The van der Waals surface area contributed by atoms with Crippen LogP contribution in [-0.2, 0) is 4.79 Å². The topological polar surface area (TPSA) is 75.4 Å². The Hall–Kier alpha value is -1.88. The number of hydrogen-bond acceptors (Lipinski definition) is 3. The van der Waals surface area contributed by atoms with Crippen LogP contribution >= 0.6 is 0 Å². The van der Waals surface area contributed by atoms with Crippen molar-refractivity contribution in [3.63, 3.8) is 0 Å². The molecule has 2 rings (SSSR count). The smallest absolute Gasteiger partial charge is 0.251 e. The Bertz CT molecular complexity index is 535. The lowest BCUT2D eigenvalue weighted by Gasteiger charge is -2.26. The molecule has 2 amide bonds. The number of amides is 2. The molecule has 120 valence electrons. The molecule has 0 atom stereocenters. The number of nitrogens with two attached hydrogens (primary N) is 1. The SMILES string of the molecule is CCC(N)(CC)CNC(=O)c1ccc(N2CCCC2=O)cc1. The Morgan fingerprint density at radius 2 is 1.91 bits per heavy atom. The van der Waals surface area contributed by atoms with Gasteiger partial charge in [-0.25, -0.2) is 0 Å². The average molecular weight is 303 g/mol. The molecule has 0 radical (unpaired) electrons. The number of benzene rings is 1. The monoisotopic (exact) mass is 303 g/mol. The molecular formula is C17H25N3O2. The van der Waals surface area contributed by atoms with E-state index in [0.717, 1.165) is 31.5 Å².